The van der Waals surface area contributed by atoms with E-state index in [0.29, 0.717) is 12.5 Å². The first-order valence-corrected chi connectivity index (χ1v) is 4.74. The fourth-order valence-corrected chi connectivity index (χ4v) is 1.19. The van der Waals surface area contributed by atoms with Gasteiger partial charge >= 0.3 is 0 Å². The Kier molecular flexibility index (Phi) is 1.98. The molecule has 2 N–H and O–H groups in total. The molecule has 0 aromatic carbocycles. The molecular weight excluding hydrogens is 152 g/mol. The Morgan fingerprint density at radius 3 is 2.40 bits per heavy atom. The van der Waals surface area contributed by atoms with Crippen LogP contribution in [0.15, 0.2) is 0 Å². The third-order valence-corrected chi connectivity index (χ3v) is 2.66. The Morgan fingerprint density at radius 2 is 2.10 bits per heavy atom. The van der Waals surface area contributed by atoms with Crippen LogP contribution in [0.3, 0.4) is 0 Å². The second kappa shape index (κ2) is 2.48. The fourth-order valence-electron chi connectivity index (χ4n) is 0.768. The summed E-state index contributed by atoms with van der Waals surface area (Å²) in [7, 11) is -1.92. The zero-order chi connectivity index (χ0) is 7.78. The van der Waals surface area contributed by atoms with E-state index >= 15 is 0 Å². The highest BCUT2D eigenvalue weighted by Gasteiger charge is 2.26. The number of nitrogens with zero attached hydrogens (tertiary/aromatic N) is 1. The maximum absolute atomic E-state index is 10.6. The molecule has 0 radical (unpaired) electrons. The van der Waals surface area contributed by atoms with Gasteiger partial charge in [-0.25, -0.2) is 5.14 Å². The lowest BCUT2D eigenvalue weighted by molar-refractivity contribution is 0.454. The first-order valence-electron chi connectivity index (χ1n) is 3.24. The molecule has 0 bridgehead atoms. The van der Waals surface area contributed by atoms with E-state index in [9.17, 15) is 8.42 Å². The van der Waals surface area contributed by atoms with Gasteiger partial charge in [-0.05, 0) is 18.8 Å². The van der Waals surface area contributed by atoms with Crippen molar-refractivity contribution in [2.45, 2.75) is 12.8 Å². The van der Waals surface area contributed by atoms with Gasteiger partial charge in [-0.1, -0.05) is 0 Å². The Hall–Kier alpha value is -0.130. The van der Waals surface area contributed by atoms with Crippen molar-refractivity contribution < 1.29 is 8.42 Å². The minimum atomic E-state index is -3.42. The maximum Gasteiger partial charge on any atom is 0.276 e. The minimum Gasteiger partial charge on any atom is -0.216 e. The van der Waals surface area contributed by atoms with E-state index < -0.39 is 10.2 Å². The summed E-state index contributed by atoms with van der Waals surface area (Å²) in [5.41, 5.74) is 0. The molecule has 0 aliphatic heterocycles. The van der Waals surface area contributed by atoms with Crippen LogP contribution in [0.2, 0.25) is 0 Å². The van der Waals surface area contributed by atoms with Gasteiger partial charge < -0.3 is 0 Å². The van der Waals surface area contributed by atoms with Crippen LogP contribution in [-0.4, -0.2) is 26.3 Å². The fraction of sp³-hybridized carbons (Fsp3) is 1.00. The van der Waals surface area contributed by atoms with Crippen LogP contribution in [0, 0.1) is 5.92 Å². The van der Waals surface area contributed by atoms with Gasteiger partial charge in [0, 0.05) is 13.6 Å². The summed E-state index contributed by atoms with van der Waals surface area (Å²) in [4.78, 5) is 0. The number of rotatable bonds is 3. The molecular formula is C5H12N2O2S. The van der Waals surface area contributed by atoms with E-state index in [1.165, 1.54) is 11.4 Å². The van der Waals surface area contributed by atoms with Gasteiger partial charge in [0.1, 0.15) is 0 Å². The topological polar surface area (TPSA) is 63.4 Å². The molecule has 1 aliphatic carbocycles. The van der Waals surface area contributed by atoms with Crippen LogP contribution in [0.1, 0.15) is 12.8 Å². The van der Waals surface area contributed by atoms with Crippen LogP contribution in [0.4, 0.5) is 0 Å². The van der Waals surface area contributed by atoms with Gasteiger partial charge in [0.05, 0.1) is 0 Å². The molecule has 60 valence electrons. The Bertz CT molecular complexity index is 208. The summed E-state index contributed by atoms with van der Waals surface area (Å²) in [5, 5.41) is 4.85. The molecule has 0 spiro atoms. The summed E-state index contributed by atoms with van der Waals surface area (Å²) < 4.78 is 22.4. The van der Waals surface area contributed by atoms with E-state index in [2.05, 4.69) is 0 Å². The number of hydrogen-bond acceptors (Lipinski definition) is 2. The molecule has 1 fully saturated rings. The highest BCUT2D eigenvalue weighted by atomic mass is 32.2. The molecule has 10 heavy (non-hydrogen) atoms. The average Bonchev–Trinajstić information content (AvgIpc) is 2.47. The minimum absolute atomic E-state index is 0.559. The van der Waals surface area contributed by atoms with Gasteiger partial charge in [0.2, 0.25) is 0 Å². The lowest BCUT2D eigenvalue weighted by Crippen LogP contribution is -2.34. The maximum atomic E-state index is 10.6. The van der Waals surface area contributed by atoms with Crippen molar-refractivity contribution in [2.24, 2.45) is 11.1 Å². The normalized spacial score (nSPS) is 19.9. The molecule has 1 saturated carbocycles. The monoisotopic (exact) mass is 164 g/mol. The van der Waals surface area contributed by atoms with Crippen molar-refractivity contribution in [2.75, 3.05) is 13.6 Å². The van der Waals surface area contributed by atoms with E-state index in [4.69, 9.17) is 5.14 Å². The molecule has 5 heteroatoms. The van der Waals surface area contributed by atoms with Gasteiger partial charge in [-0.2, -0.15) is 12.7 Å². The van der Waals surface area contributed by atoms with E-state index in [1.54, 1.807) is 0 Å². The second-order valence-corrected chi connectivity index (χ2v) is 4.42. The van der Waals surface area contributed by atoms with Crippen molar-refractivity contribution in [1.29, 1.82) is 0 Å². The molecule has 0 unspecified atom stereocenters. The molecule has 0 aromatic rings. The Labute approximate surface area is 61.2 Å². The van der Waals surface area contributed by atoms with Crippen LogP contribution < -0.4 is 5.14 Å². The molecule has 0 saturated heterocycles. The summed E-state index contributed by atoms with van der Waals surface area (Å²) in [6.07, 6.45) is 2.28. The smallest absolute Gasteiger partial charge is 0.216 e. The third kappa shape index (κ3) is 2.24. The van der Waals surface area contributed by atoms with Crippen LogP contribution in [0.5, 0.6) is 0 Å². The van der Waals surface area contributed by atoms with Gasteiger partial charge in [0.25, 0.3) is 10.2 Å². The average molecular weight is 164 g/mol. The van der Waals surface area contributed by atoms with Crippen molar-refractivity contribution >= 4 is 10.2 Å². The van der Waals surface area contributed by atoms with Crippen LogP contribution >= 0.6 is 0 Å². The SMILES string of the molecule is CN(CC1CC1)S(N)(=O)=O. The molecule has 0 atom stereocenters. The molecule has 1 rings (SSSR count). The third-order valence-electron chi connectivity index (χ3n) is 1.65. The van der Waals surface area contributed by atoms with Gasteiger partial charge in [0.15, 0.2) is 0 Å². The molecule has 0 amide bonds. The molecule has 0 heterocycles. The predicted molar refractivity (Wildman–Crippen MR) is 38.5 cm³/mol. The summed E-state index contributed by atoms with van der Waals surface area (Å²) >= 11 is 0. The predicted octanol–water partition coefficient (Wildman–Crippen LogP) is -0.468. The van der Waals surface area contributed by atoms with Crippen molar-refractivity contribution in [3.05, 3.63) is 0 Å². The van der Waals surface area contributed by atoms with Crippen molar-refractivity contribution in [3.63, 3.8) is 0 Å². The van der Waals surface area contributed by atoms with Gasteiger partial charge in [-0.15, -0.1) is 0 Å². The number of nitrogens with two attached hydrogens (primary N) is 1. The Morgan fingerprint density at radius 1 is 1.60 bits per heavy atom. The summed E-state index contributed by atoms with van der Waals surface area (Å²) in [6.45, 7) is 0.582. The van der Waals surface area contributed by atoms with E-state index in [1.807, 2.05) is 0 Å². The van der Waals surface area contributed by atoms with E-state index in [0.717, 1.165) is 12.8 Å². The second-order valence-electron chi connectivity index (χ2n) is 2.77. The van der Waals surface area contributed by atoms with Crippen molar-refractivity contribution in [1.82, 2.24) is 4.31 Å². The standard InChI is InChI=1S/C5H12N2O2S/c1-7(10(6,8)9)4-5-2-3-5/h5H,2-4H2,1H3,(H2,6,8,9). The van der Waals surface area contributed by atoms with Gasteiger partial charge in [-0.3, -0.25) is 0 Å². The largest absolute Gasteiger partial charge is 0.276 e. The zero-order valence-corrected chi connectivity index (χ0v) is 6.76. The first kappa shape index (κ1) is 7.97. The first-order chi connectivity index (χ1) is 4.50. The van der Waals surface area contributed by atoms with Crippen LogP contribution in [-0.2, 0) is 10.2 Å². The molecule has 1 aliphatic rings. The van der Waals surface area contributed by atoms with Crippen molar-refractivity contribution in [3.8, 4) is 0 Å². The quantitative estimate of drug-likeness (QED) is 0.613. The Balaban J connectivity index is 2.40. The van der Waals surface area contributed by atoms with Crippen LogP contribution in [0.25, 0.3) is 0 Å². The number of hydrogen-bond donors (Lipinski definition) is 1. The lowest BCUT2D eigenvalue weighted by atomic mass is 10.4. The zero-order valence-electron chi connectivity index (χ0n) is 5.95. The molecule has 0 aromatic heterocycles. The summed E-state index contributed by atoms with van der Waals surface area (Å²) in [5.74, 6) is 0.559. The highest BCUT2D eigenvalue weighted by Crippen LogP contribution is 2.29. The molecule has 4 nitrogen and oxygen atoms in total. The lowest BCUT2D eigenvalue weighted by Gasteiger charge is -2.11. The summed E-state index contributed by atoms with van der Waals surface area (Å²) in [6, 6.07) is 0. The highest BCUT2D eigenvalue weighted by molar-refractivity contribution is 7.86. The van der Waals surface area contributed by atoms with E-state index in [-0.39, 0.29) is 0 Å².